The highest BCUT2D eigenvalue weighted by molar-refractivity contribution is 5.88. The van der Waals surface area contributed by atoms with Crippen molar-refractivity contribution in [1.82, 2.24) is 99.3 Å². The Morgan fingerprint density at radius 1 is 0.315 bits per heavy atom. The van der Waals surface area contributed by atoms with E-state index in [2.05, 4.69) is 173 Å². The van der Waals surface area contributed by atoms with Crippen LogP contribution >= 0.6 is 0 Å². The van der Waals surface area contributed by atoms with E-state index >= 15 is 0 Å². The van der Waals surface area contributed by atoms with Crippen molar-refractivity contribution in [3.8, 4) is 28.7 Å². The van der Waals surface area contributed by atoms with E-state index in [1.54, 1.807) is 62.0 Å². The van der Waals surface area contributed by atoms with Crippen LogP contribution in [0.4, 0.5) is 34.6 Å². The smallest absolute Gasteiger partial charge is 0.223 e. The Labute approximate surface area is 874 Å². The van der Waals surface area contributed by atoms with Gasteiger partial charge < -0.3 is 82.5 Å². The Bertz CT molecular complexity index is 6160. The largest absolute Gasteiger partial charge is 0.489 e. The summed E-state index contributed by atoms with van der Waals surface area (Å²) >= 11 is 0. The number of piperidine rings is 1. The summed E-state index contributed by atoms with van der Waals surface area (Å²) in [6, 6.07) is 19.7. The van der Waals surface area contributed by atoms with Crippen molar-refractivity contribution in [3.63, 3.8) is 0 Å². The van der Waals surface area contributed by atoms with E-state index < -0.39 is 0 Å². The Hall–Kier alpha value is -12.0. The molecule has 8 aromatic heterocycles. The Morgan fingerprint density at radius 2 is 0.671 bits per heavy atom. The van der Waals surface area contributed by atoms with E-state index in [9.17, 15) is 0 Å². The third kappa shape index (κ3) is 28.6. The first-order valence-electron chi connectivity index (χ1n) is 55.5. The van der Waals surface area contributed by atoms with Gasteiger partial charge in [0.2, 0.25) is 11.9 Å². The molecule has 149 heavy (non-hydrogen) atoms. The van der Waals surface area contributed by atoms with Crippen molar-refractivity contribution < 1.29 is 47.4 Å². The van der Waals surface area contributed by atoms with Gasteiger partial charge in [-0.05, 0) is 241 Å². The van der Waals surface area contributed by atoms with Crippen LogP contribution in [0.15, 0.2) is 148 Å². The maximum absolute atomic E-state index is 6.60. The van der Waals surface area contributed by atoms with Gasteiger partial charge in [0.15, 0.2) is 5.75 Å². The molecule has 4 aliphatic carbocycles. The molecule has 0 amide bonds. The van der Waals surface area contributed by atoms with Crippen molar-refractivity contribution in [3.05, 3.63) is 176 Å². The molecule has 36 heteroatoms. The van der Waals surface area contributed by atoms with Crippen molar-refractivity contribution >= 4 is 78.8 Å². The zero-order valence-electron chi connectivity index (χ0n) is 86.8. The summed E-state index contributed by atoms with van der Waals surface area (Å²) in [6.45, 7) is 30.5. The Balaban J connectivity index is 0.000000116. The van der Waals surface area contributed by atoms with Crippen LogP contribution in [0.3, 0.4) is 0 Å². The highest BCUT2D eigenvalue weighted by Crippen LogP contribution is 2.42. The van der Waals surface area contributed by atoms with E-state index in [0.717, 1.165) is 392 Å². The van der Waals surface area contributed by atoms with Crippen molar-refractivity contribution in [2.24, 2.45) is 11.8 Å². The van der Waals surface area contributed by atoms with Gasteiger partial charge in [-0.15, -0.1) is 0 Å². The number of fused-ring (bicyclic) bond motifs is 4. The number of likely N-dealkylation sites (tertiary alicyclic amines) is 3. The summed E-state index contributed by atoms with van der Waals surface area (Å²) < 4.78 is 59.7. The SMILES string of the molecule is CCN1CCC(c2cnc(CC3CCC(Oc4cc(N5CCOCC5)cc5nccnc45)CC3)nc2)CC1.c1cc(CN2CCOCC2)nc(NC2CCC(Oc3cc(N4CCOCC4)cc4nccnc34)CC2)n1.c1cnc2c(OC3CCC(Cc4ncc(CN5CCCC5)cn4)CC3)cc(N3CCOCC3)cc2n1.c1cnc2c(OC3CCC(Nc4ncc(OCCN5CCCC5)cn4)CC3)cc(N3CCOCC3)cc2n1. The fraction of sp³-hybridized carbons (Fsp3) is 0.575. The van der Waals surface area contributed by atoms with Crippen LogP contribution in [0.1, 0.15) is 183 Å². The lowest BCUT2D eigenvalue weighted by molar-refractivity contribution is 0.0336. The summed E-state index contributed by atoms with van der Waals surface area (Å²) in [5.41, 5.74) is 14.9. The zero-order valence-corrected chi connectivity index (χ0v) is 86.8. The molecule has 0 spiro atoms. The molecule has 16 heterocycles. The standard InChI is InChI=1S/C30H40N6O2.C28H37N7O3.C28H36N6O2.C27H35N7O3/c1-2-35-11-7-23(8-12-35)24-20-33-29(34-21-24)17-22-3-5-26(6-4-22)38-28-19-25(36-13-15-37-16-14-36)18-27-30(28)32-10-9-31-27;1-2-10-34(9-1)11-16-37-24-19-31-28(32-20-24)33-21-3-5-23(6-4-21)38-26-18-22(35-12-14-36-15-13-35)17-25-27(26)30-8-7-29-25;1-2-10-33(9-1)20-22-18-31-27(32-19-22)15-21-3-5-24(6-4-21)36-26-17-23(34-11-13-35-14-12-34)16-25-28(26)30-8-7-29-25;1-3-23(4-2-20(1)31-27-30-6-5-21(32-27)19-33-9-13-35-14-10-33)37-25-18-22(34-11-15-36-16-12-34)17-24-26(25)29-8-7-28-24/h9-10,18-23,26H,2-8,11-17H2,1H3;7-8,17-21,23H,1-6,9-16H2,(H,31,32,33);7-8,16-19,21,24H,1-6,9-15,20H2;5-8,17-18,20,23H,1-4,9-16,19H2,(H,30,31,32). The van der Waals surface area contributed by atoms with Gasteiger partial charge in [0.1, 0.15) is 63.3 Å². The minimum atomic E-state index is 0.144. The van der Waals surface area contributed by atoms with E-state index in [4.69, 9.17) is 72.3 Å². The summed E-state index contributed by atoms with van der Waals surface area (Å²) in [6.07, 6.45) is 54.4. The van der Waals surface area contributed by atoms with Crippen LogP contribution in [-0.2, 0) is 49.6 Å². The monoisotopic (exact) mass is 2030 g/mol. The second kappa shape index (κ2) is 52.2. The molecule has 2 N–H and O–H groups in total. The topological polar surface area (TPSA) is 349 Å². The number of rotatable bonds is 30. The number of benzene rings is 4. The number of hydrogen-bond acceptors (Lipinski definition) is 36. The van der Waals surface area contributed by atoms with Gasteiger partial charge in [-0.25, -0.2) is 59.8 Å². The van der Waals surface area contributed by atoms with Gasteiger partial charge in [-0.2, -0.15) is 0 Å². The molecule has 0 atom stereocenters. The van der Waals surface area contributed by atoms with Crippen molar-refractivity contribution in [2.45, 2.75) is 217 Å². The summed E-state index contributed by atoms with van der Waals surface area (Å²) in [5, 5.41) is 7.06. The quantitative estimate of drug-likeness (QED) is 0.0422. The van der Waals surface area contributed by atoms with Crippen LogP contribution in [0.5, 0.6) is 28.7 Å². The number of ether oxygens (including phenoxy) is 10. The molecule has 24 rings (SSSR count). The number of anilines is 6. The first-order chi connectivity index (χ1) is 73.6. The predicted molar refractivity (Wildman–Crippen MR) is 575 cm³/mol. The second-order valence-corrected chi connectivity index (χ2v) is 41.8. The summed E-state index contributed by atoms with van der Waals surface area (Å²) in [7, 11) is 0. The molecule has 8 saturated heterocycles. The fourth-order valence-corrected chi connectivity index (χ4v) is 23.0. The normalized spacial score (nSPS) is 23.1. The van der Waals surface area contributed by atoms with Crippen LogP contribution in [0, 0.1) is 11.8 Å². The van der Waals surface area contributed by atoms with Gasteiger partial charge in [-0.3, -0.25) is 34.6 Å². The van der Waals surface area contributed by atoms with Crippen LogP contribution in [0.2, 0.25) is 0 Å². The number of morpholine rings is 5. The highest BCUT2D eigenvalue weighted by Gasteiger charge is 2.33. The van der Waals surface area contributed by atoms with Gasteiger partial charge in [0, 0.05) is 243 Å². The second-order valence-electron chi connectivity index (χ2n) is 41.8. The average molecular weight is 2030 g/mol. The number of nitrogens with one attached hydrogen (secondary N) is 2. The lowest BCUT2D eigenvalue weighted by atomic mass is 9.85. The molecule has 8 aliphatic heterocycles. The van der Waals surface area contributed by atoms with E-state index in [1.165, 1.54) is 88.9 Å². The maximum atomic E-state index is 6.60. The Morgan fingerprint density at radius 3 is 1.07 bits per heavy atom. The van der Waals surface area contributed by atoms with Crippen LogP contribution in [-0.4, -0.2) is 326 Å². The van der Waals surface area contributed by atoms with E-state index in [0.29, 0.717) is 42.4 Å². The molecule has 12 fully saturated rings. The minimum absolute atomic E-state index is 0.144. The van der Waals surface area contributed by atoms with Gasteiger partial charge in [0.25, 0.3) is 0 Å². The average Bonchev–Trinajstić information content (AvgIpc) is 0.807. The van der Waals surface area contributed by atoms with Gasteiger partial charge >= 0.3 is 0 Å². The van der Waals surface area contributed by atoms with Gasteiger partial charge in [0.05, 0.1) is 131 Å². The predicted octanol–water partition coefficient (Wildman–Crippen LogP) is 15.1. The molecule has 36 nitrogen and oxygen atoms in total. The van der Waals surface area contributed by atoms with Gasteiger partial charge in [-0.1, -0.05) is 6.92 Å². The van der Waals surface area contributed by atoms with E-state index in [-0.39, 0.29) is 24.4 Å². The zero-order chi connectivity index (χ0) is 100. The molecule has 0 unspecified atom stereocenters. The minimum Gasteiger partial charge on any atom is -0.489 e. The van der Waals surface area contributed by atoms with Crippen LogP contribution < -0.4 is 53.9 Å². The third-order valence-corrected chi connectivity index (χ3v) is 31.6. The van der Waals surface area contributed by atoms with Crippen LogP contribution in [0.25, 0.3) is 44.1 Å². The lowest BCUT2D eigenvalue weighted by Gasteiger charge is -2.31. The maximum Gasteiger partial charge on any atom is 0.223 e. The molecule has 4 aromatic carbocycles. The van der Waals surface area contributed by atoms with Crippen molar-refractivity contribution in [1.29, 1.82) is 0 Å². The number of hydrogen-bond donors (Lipinski definition) is 2. The molecule has 4 saturated carbocycles. The summed E-state index contributed by atoms with van der Waals surface area (Å²) in [4.78, 5) is 92.9. The first-order valence-corrected chi connectivity index (χ1v) is 55.5. The Kier molecular flexibility index (Phi) is 36.0. The number of nitrogens with zero attached hydrogens (tertiary/aromatic N) is 24. The van der Waals surface area contributed by atoms with E-state index in [1.807, 2.05) is 24.7 Å². The molecule has 12 aromatic rings. The summed E-state index contributed by atoms with van der Waals surface area (Å²) in [5.74, 6) is 9.24. The third-order valence-electron chi connectivity index (χ3n) is 31.6. The highest BCUT2D eigenvalue weighted by atomic mass is 16.5. The number of aromatic nitrogens is 16. The molecule has 12 aliphatic rings. The lowest BCUT2D eigenvalue weighted by Crippen LogP contribution is -2.36. The fourth-order valence-electron chi connectivity index (χ4n) is 23.0. The molecule has 0 radical (unpaired) electrons. The van der Waals surface area contributed by atoms with Crippen molar-refractivity contribution in [2.75, 3.05) is 221 Å². The molecular formula is C113H148N26O10. The molecular weight excluding hydrogens is 1880 g/mol. The molecule has 790 valence electrons. The molecule has 0 bridgehead atoms. The first kappa shape index (κ1) is 103.